The zero-order chi connectivity index (χ0) is 9.14. The zero-order valence-corrected chi connectivity index (χ0v) is 6.83. The molecule has 4 nitrogen and oxygen atoms in total. The second-order valence-corrected chi connectivity index (χ2v) is 2.52. The molecule has 0 saturated heterocycles. The van der Waals surface area contributed by atoms with Crippen LogP contribution in [-0.2, 0) is 13.5 Å². The average Bonchev–Trinajstić information content (AvgIpc) is 2.01. The maximum absolute atomic E-state index is 11.1. The minimum Gasteiger partial charge on any atom is -0.303 e. The maximum atomic E-state index is 11.1. The van der Waals surface area contributed by atoms with E-state index in [1.54, 1.807) is 13.1 Å². The van der Waals surface area contributed by atoms with Crippen molar-refractivity contribution in [3.63, 3.8) is 0 Å². The number of aryl methyl sites for hydroxylation is 1. The standard InChI is InChI=1S/C8H10N2O2/c1-3-4-6-5-10(2)8(12)9-7(6)11/h3,5H,1,4H2,2H3,(H,9,11,12). The molecule has 0 aromatic carbocycles. The van der Waals surface area contributed by atoms with Crippen LogP contribution in [0.1, 0.15) is 5.56 Å². The highest BCUT2D eigenvalue weighted by atomic mass is 16.2. The third kappa shape index (κ3) is 1.53. The van der Waals surface area contributed by atoms with E-state index in [9.17, 15) is 9.59 Å². The van der Waals surface area contributed by atoms with Gasteiger partial charge in [-0.3, -0.25) is 9.78 Å². The van der Waals surface area contributed by atoms with E-state index in [4.69, 9.17) is 0 Å². The summed E-state index contributed by atoms with van der Waals surface area (Å²) in [6.45, 7) is 3.51. The lowest BCUT2D eigenvalue weighted by atomic mass is 10.2. The first-order chi connectivity index (χ1) is 5.65. The number of aromatic nitrogens is 2. The highest BCUT2D eigenvalue weighted by Crippen LogP contribution is 1.87. The molecule has 0 unspecified atom stereocenters. The van der Waals surface area contributed by atoms with Gasteiger partial charge in [-0.05, 0) is 6.42 Å². The summed E-state index contributed by atoms with van der Waals surface area (Å²) in [5, 5.41) is 0. The fourth-order valence-electron chi connectivity index (χ4n) is 0.917. The Bertz CT molecular complexity index is 400. The van der Waals surface area contributed by atoms with Gasteiger partial charge in [-0.15, -0.1) is 6.58 Å². The van der Waals surface area contributed by atoms with E-state index in [0.29, 0.717) is 12.0 Å². The molecule has 0 amide bonds. The van der Waals surface area contributed by atoms with Crippen LogP contribution in [0.25, 0.3) is 0 Å². The van der Waals surface area contributed by atoms with Crippen molar-refractivity contribution in [2.45, 2.75) is 6.42 Å². The Hall–Kier alpha value is -1.58. The molecule has 64 valence electrons. The van der Waals surface area contributed by atoms with Crippen LogP contribution in [0.4, 0.5) is 0 Å². The average molecular weight is 166 g/mol. The summed E-state index contributed by atoms with van der Waals surface area (Å²) in [6.07, 6.45) is 3.61. The quantitative estimate of drug-likeness (QED) is 0.619. The number of nitrogens with one attached hydrogen (secondary N) is 1. The van der Waals surface area contributed by atoms with Crippen LogP contribution in [0.3, 0.4) is 0 Å². The normalized spacial score (nSPS) is 9.75. The number of aromatic amines is 1. The number of nitrogens with zero attached hydrogens (tertiary/aromatic N) is 1. The number of allylic oxidation sites excluding steroid dienone is 1. The molecule has 0 aliphatic heterocycles. The third-order valence-electron chi connectivity index (χ3n) is 1.55. The molecule has 1 aromatic rings. The summed E-state index contributed by atoms with van der Waals surface area (Å²) in [4.78, 5) is 24.1. The molecule has 0 bridgehead atoms. The molecule has 0 atom stereocenters. The second kappa shape index (κ2) is 3.21. The Kier molecular flexibility index (Phi) is 2.28. The van der Waals surface area contributed by atoms with Crippen molar-refractivity contribution in [2.24, 2.45) is 7.05 Å². The van der Waals surface area contributed by atoms with E-state index in [1.165, 1.54) is 10.8 Å². The van der Waals surface area contributed by atoms with Crippen LogP contribution in [0.5, 0.6) is 0 Å². The minimum atomic E-state index is -0.396. The molecule has 0 spiro atoms. The van der Waals surface area contributed by atoms with Crippen LogP contribution < -0.4 is 11.2 Å². The van der Waals surface area contributed by atoms with Gasteiger partial charge < -0.3 is 4.57 Å². The van der Waals surface area contributed by atoms with Gasteiger partial charge in [0.1, 0.15) is 0 Å². The Labute approximate surface area is 69.2 Å². The molecular weight excluding hydrogens is 156 g/mol. The van der Waals surface area contributed by atoms with Crippen molar-refractivity contribution in [3.8, 4) is 0 Å². The van der Waals surface area contributed by atoms with E-state index in [0.717, 1.165) is 0 Å². The smallest absolute Gasteiger partial charge is 0.303 e. The predicted molar refractivity (Wildman–Crippen MR) is 46.2 cm³/mol. The lowest BCUT2D eigenvalue weighted by Gasteiger charge is -1.98. The molecule has 0 aliphatic carbocycles. The van der Waals surface area contributed by atoms with Gasteiger partial charge in [-0.1, -0.05) is 6.08 Å². The molecule has 0 saturated carbocycles. The van der Waals surface area contributed by atoms with E-state index in [1.807, 2.05) is 0 Å². The fraction of sp³-hybridized carbons (Fsp3) is 0.250. The Morgan fingerprint density at radius 2 is 2.33 bits per heavy atom. The fourth-order valence-corrected chi connectivity index (χ4v) is 0.917. The van der Waals surface area contributed by atoms with Crippen molar-refractivity contribution in [2.75, 3.05) is 0 Å². The van der Waals surface area contributed by atoms with Gasteiger partial charge in [0.25, 0.3) is 5.56 Å². The summed E-state index contributed by atoms with van der Waals surface area (Å²) in [6, 6.07) is 0. The lowest BCUT2D eigenvalue weighted by Crippen LogP contribution is -2.29. The molecule has 1 rings (SSSR count). The van der Waals surface area contributed by atoms with Crippen molar-refractivity contribution in [1.82, 2.24) is 9.55 Å². The van der Waals surface area contributed by atoms with Gasteiger partial charge in [0.2, 0.25) is 0 Å². The van der Waals surface area contributed by atoms with Crippen LogP contribution in [-0.4, -0.2) is 9.55 Å². The van der Waals surface area contributed by atoms with Gasteiger partial charge in [-0.2, -0.15) is 0 Å². The van der Waals surface area contributed by atoms with Crippen LogP contribution in [0, 0.1) is 0 Å². The molecule has 4 heteroatoms. The Morgan fingerprint density at radius 3 is 2.92 bits per heavy atom. The van der Waals surface area contributed by atoms with E-state index in [2.05, 4.69) is 11.6 Å². The lowest BCUT2D eigenvalue weighted by molar-refractivity contribution is 0.783. The Morgan fingerprint density at radius 1 is 1.67 bits per heavy atom. The first-order valence-corrected chi connectivity index (χ1v) is 3.55. The van der Waals surface area contributed by atoms with Gasteiger partial charge in [0, 0.05) is 18.8 Å². The van der Waals surface area contributed by atoms with Crippen LogP contribution in [0.15, 0.2) is 28.4 Å². The van der Waals surface area contributed by atoms with Crippen molar-refractivity contribution < 1.29 is 0 Å². The SMILES string of the molecule is C=CCc1cn(C)c(=O)[nH]c1=O. The van der Waals surface area contributed by atoms with Gasteiger partial charge in [-0.25, -0.2) is 4.79 Å². The highest BCUT2D eigenvalue weighted by Gasteiger charge is 1.98. The van der Waals surface area contributed by atoms with Gasteiger partial charge in [0.05, 0.1) is 0 Å². The summed E-state index contributed by atoms with van der Waals surface area (Å²) >= 11 is 0. The van der Waals surface area contributed by atoms with Gasteiger partial charge in [0.15, 0.2) is 0 Å². The molecule has 0 radical (unpaired) electrons. The number of rotatable bonds is 2. The molecule has 12 heavy (non-hydrogen) atoms. The largest absolute Gasteiger partial charge is 0.328 e. The second-order valence-electron chi connectivity index (χ2n) is 2.52. The number of H-pyrrole nitrogens is 1. The third-order valence-corrected chi connectivity index (χ3v) is 1.55. The maximum Gasteiger partial charge on any atom is 0.328 e. The van der Waals surface area contributed by atoms with E-state index >= 15 is 0 Å². The summed E-state index contributed by atoms with van der Waals surface area (Å²) in [7, 11) is 1.59. The molecule has 1 N–H and O–H groups in total. The minimum absolute atomic E-state index is 0.335. The Balaban J connectivity index is 3.32. The monoisotopic (exact) mass is 166 g/mol. The predicted octanol–water partition coefficient (Wildman–Crippen LogP) is -0.198. The summed E-state index contributed by atoms with van der Waals surface area (Å²) in [5.41, 5.74) is -0.182. The summed E-state index contributed by atoms with van der Waals surface area (Å²) < 4.78 is 1.33. The molecule has 1 aromatic heterocycles. The van der Waals surface area contributed by atoms with E-state index in [-0.39, 0.29) is 5.56 Å². The van der Waals surface area contributed by atoms with Crippen molar-refractivity contribution >= 4 is 0 Å². The topological polar surface area (TPSA) is 54.9 Å². The molecular formula is C8H10N2O2. The molecule has 1 heterocycles. The van der Waals surface area contributed by atoms with Crippen LogP contribution in [0.2, 0.25) is 0 Å². The highest BCUT2D eigenvalue weighted by molar-refractivity contribution is 5.07. The summed E-state index contributed by atoms with van der Waals surface area (Å²) in [5.74, 6) is 0. The van der Waals surface area contributed by atoms with Crippen molar-refractivity contribution in [3.05, 3.63) is 45.3 Å². The zero-order valence-electron chi connectivity index (χ0n) is 6.83. The molecule has 0 aliphatic rings. The van der Waals surface area contributed by atoms with Gasteiger partial charge >= 0.3 is 5.69 Å². The van der Waals surface area contributed by atoms with Crippen LogP contribution >= 0.6 is 0 Å². The first kappa shape index (κ1) is 8.52. The molecule has 0 fully saturated rings. The first-order valence-electron chi connectivity index (χ1n) is 3.55. The van der Waals surface area contributed by atoms with E-state index < -0.39 is 5.69 Å². The number of hydrogen-bond acceptors (Lipinski definition) is 2. The van der Waals surface area contributed by atoms with Crippen molar-refractivity contribution in [1.29, 1.82) is 0 Å². The number of hydrogen-bond donors (Lipinski definition) is 1.